The molecule has 1 N–H and O–H groups in total. The van der Waals surface area contributed by atoms with Crippen LogP contribution in [0.5, 0.6) is 17.2 Å². The van der Waals surface area contributed by atoms with E-state index >= 15 is 0 Å². The maximum atomic E-state index is 12.1. The highest BCUT2D eigenvalue weighted by Gasteiger charge is 2.30. The Bertz CT molecular complexity index is 885. The molecular weight excluding hydrogens is 311 g/mol. The van der Waals surface area contributed by atoms with Crippen LogP contribution in [0.1, 0.15) is 0 Å². The van der Waals surface area contributed by atoms with Crippen LogP contribution in [0, 0.1) is 0 Å². The summed E-state index contributed by atoms with van der Waals surface area (Å²) < 4.78 is 45.7. The maximum absolute atomic E-state index is 12.1. The van der Waals surface area contributed by atoms with E-state index in [4.69, 9.17) is 4.74 Å². The number of pyridine rings is 1. The van der Waals surface area contributed by atoms with Gasteiger partial charge in [0.05, 0.1) is 5.52 Å². The molecule has 118 valence electrons. The third kappa shape index (κ3) is 3.63. The molecule has 0 atom stereocenters. The molecule has 3 aromatic rings. The lowest BCUT2D eigenvalue weighted by Gasteiger charge is -2.11. The molecule has 0 aliphatic carbocycles. The standard InChI is InChI=1S/C16H10F3NO3/c17-16(18,19)23-11-7-5-10(6-8-11)22-14-9-15(21)20-13-4-2-1-3-12(13)14/h1-9H,(H,20,21). The van der Waals surface area contributed by atoms with Crippen LogP contribution in [0.3, 0.4) is 0 Å². The first-order valence-corrected chi connectivity index (χ1v) is 6.56. The van der Waals surface area contributed by atoms with Crippen molar-refractivity contribution < 1.29 is 22.6 Å². The molecule has 1 heterocycles. The molecule has 23 heavy (non-hydrogen) atoms. The number of fused-ring (bicyclic) bond motifs is 1. The fourth-order valence-electron chi connectivity index (χ4n) is 2.09. The van der Waals surface area contributed by atoms with Gasteiger partial charge in [0.15, 0.2) is 0 Å². The Labute approximate surface area is 128 Å². The van der Waals surface area contributed by atoms with Crippen molar-refractivity contribution in [3.8, 4) is 17.2 Å². The van der Waals surface area contributed by atoms with Gasteiger partial charge in [-0.25, -0.2) is 0 Å². The lowest BCUT2D eigenvalue weighted by atomic mass is 10.2. The van der Waals surface area contributed by atoms with E-state index in [9.17, 15) is 18.0 Å². The van der Waals surface area contributed by atoms with Gasteiger partial charge >= 0.3 is 6.36 Å². The van der Waals surface area contributed by atoms with Gasteiger partial charge in [0, 0.05) is 11.5 Å². The van der Waals surface area contributed by atoms with Crippen LogP contribution in [-0.4, -0.2) is 11.3 Å². The highest BCUT2D eigenvalue weighted by molar-refractivity contribution is 5.84. The number of rotatable bonds is 3. The van der Waals surface area contributed by atoms with Crippen LogP contribution >= 0.6 is 0 Å². The molecule has 0 saturated heterocycles. The van der Waals surface area contributed by atoms with Gasteiger partial charge in [-0.1, -0.05) is 12.1 Å². The minimum Gasteiger partial charge on any atom is -0.456 e. The summed E-state index contributed by atoms with van der Waals surface area (Å²) in [6.07, 6.45) is -4.74. The third-order valence-electron chi connectivity index (χ3n) is 3.00. The van der Waals surface area contributed by atoms with Crippen molar-refractivity contribution in [2.75, 3.05) is 0 Å². The van der Waals surface area contributed by atoms with E-state index in [1.54, 1.807) is 24.3 Å². The van der Waals surface area contributed by atoms with E-state index in [1.165, 1.54) is 18.2 Å². The van der Waals surface area contributed by atoms with E-state index in [2.05, 4.69) is 9.72 Å². The van der Waals surface area contributed by atoms with E-state index in [1.807, 2.05) is 0 Å². The Hall–Kier alpha value is -2.96. The second-order valence-corrected chi connectivity index (χ2v) is 4.66. The SMILES string of the molecule is O=c1cc(Oc2ccc(OC(F)(F)F)cc2)c2ccccc2[nH]1. The third-order valence-corrected chi connectivity index (χ3v) is 3.00. The van der Waals surface area contributed by atoms with Gasteiger partial charge in [-0.15, -0.1) is 13.2 Å². The van der Waals surface area contributed by atoms with E-state index in [0.29, 0.717) is 16.7 Å². The second-order valence-electron chi connectivity index (χ2n) is 4.66. The van der Waals surface area contributed by atoms with Crippen LogP contribution in [0.15, 0.2) is 59.4 Å². The molecule has 0 spiro atoms. The number of aromatic amines is 1. The fraction of sp³-hybridized carbons (Fsp3) is 0.0625. The smallest absolute Gasteiger partial charge is 0.456 e. The summed E-state index contributed by atoms with van der Waals surface area (Å²) in [5.74, 6) is 0.254. The Morgan fingerprint density at radius 2 is 1.57 bits per heavy atom. The Morgan fingerprint density at radius 1 is 0.913 bits per heavy atom. The fourth-order valence-corrected chi connectivity index (χ4v) is 2.09. The number of halogens is 3. The van der Waals surface area contributed by atoms with Crippen molar-refractivity contribution in [3.05, 3.63) is 65.0 Å². The number of H-pyrrole nitrogens is 1. The first-order valence-electron chi connectivity index (χ1n) is 6.56. The number of para-hydroxylation sites is 1. The molecule has 1 aromatic heterocycles. The Balaban J connectivity index is 1.89. The Kier molecular flexibility index (Phi) is 3.69. The highest BCUT2D eigenvalue weighted by atomic mass is 19.4. The van der Waals surface area contributed by atoms with E-state index < -0.39 is 6.36 Å². The summed E-state index contributed by atoms with van der Waals surface area (Å²) in [5.41, 5.74) is 0.266. The average molecular weight is 321 g/mol. The highest BCUT2D eigenvalue weighted by Crippen LogP contribution is 2.30. The number of aromatic nitrogens is 1. The summed E-state index contributed by atoms with van der Waals surface area (Å²) in [4.78, 5) is 14.3. The number of ether oxygens (including phenoxy) is 2. The van der Waals surface area contributed by atoms with Gasteiger partial charge in [0.2, 0.25) is 0 Å². The summed E-state index contributed by atoms with van der Waals surface area (Å²) in [7, 11) is 0. The zero-order valence-corrected chi connectivity index (χ0v) is 11.6. The minimum atomic E-state index is -4.74. The summed E-state index contributed by atoms with van der Waals surface area (Å²) in [5, 5.41) is 0.683. The molecule has 0 bridgehead atoms. The van der Waals surface area contributed by atoms with Gasteiger partial charge in [-0.2, -0.15) is 0 Å². The van der Waals surface area contributed by atoms with Crippen molar-refractivity contribution in [1.82, 2.24) is 4.98 Å². The van der Waals surface area contributed by atoms with Gasteiger partial charge in [0.1, 0.15) is 17.2 Å². The number of hydrogen-bond donors (Lipinski definition) is 1. The van der Waals surface area contributed by atoms with Crippen molar-refractivity contribution in [1.29, 1.82) is 0 Å². The first-order chi connectivity index (χ1) is 10.9. The van der Waals surface area contributed by atoms with Crippen LogP contribution < -0.4 is 15.0 Å². The van der Waals surface area contributed by atoms with Crippen LogP contribution in [-0.2, 0) is 0 Å². The largest absolute Gasteiger partial charge is 0.573 e. The minimum absolute atomic E-state index is 0.287. The van der Waals surface area contributed by atoms with Crippen LogP contribution in [0.25, 0.3) is 10.9 Å². The molecule has 0 aliphatic heterocycles. The van der Waals surface area contributed by atoms with Crippen molar-refractivity contribution in [3.63, 3.8) is 0 Å². The topological polar surface area (TPSA) is 51.3 Å². The maximum Gasteiger partial charge on any atom is 0.573 e. The Morgan fingerprint density at radius 3 is 2.26 bits per heavy atom. The average Bonchev–Trinajstić information content (AvgIpc) is 2.47. The quantitative estimate of drug-likeness (QED) is 0.786. The monoisotopic (exact) mass is 321 g/mol. The van der Waals surface area contributed by atoms with Gasteiger partial charge in [-0.3, -0.25) is 4.79 Å². The zero-order valence-electron chi connectivity index (χ0n) is 11.6. The van der Waals surface area contributed by atoms with Crippen molar-refractivity contribution >= 4 is 10.9 Å². The summed E-state index contributed by atoms with van der Waals surface area (Å²) in [6.45, 7) is 0. The number of nitrogens with one attached hydrogen (secondary N) is 1. The van der Waals surface area contributed by atoms with Crippen LogP contribution in [0.2, 0.25) is 0 Å². The number of hydrogen-bond acceptors (Lipinski definition) is 3. The second kappa shape index (κ2) is 5.68. The lowest BCUT2D eigenvalue weighted by molar-refractivity contribution is -0.274. The van der Waals surface area contributed by atoms with Gasteiger partial charge in [-0.05, 0) is 36.4 Å². The predicted molar refractivity (Wildman–Crippen MR) is 77.8 cm³/mol. The molecule has 0 radical (unpaired) electrons. The normalized spacial score (nSPS) is 11.4. The zero-order chi connectivity index (χ0) is 16.4. The van der Waals surface area contributed by atoms with Crippen LogP contribution in [0.4, 0.5) is 13.2 Å². The summed E-state index contributed by atoms with van der Waals surface area (Å²) >= 11 is 0. The molecule has 4 nitrogen and oxygen atoms in total. The van der Waals surface area contributed by atoms with Crippen molar-refractivity contribution in [2.24, 2.45) is 0 Å². The number of alkyl halides is 3. The molecular formula is C16H10F3NO3. The summed E-state index contributed by atoms with van der Waals surface area (Å²) in [6, 6.07) is 13.3. The molecule has 7 heteroatoms. The molecule has 0 fully saturated rings. The molecule has 3 rings (SSSR count). The lowest BCUT2D eigenvalue weighted by Crippen LogP contribution is -2.16. The van der Waals surface area contributed by atoms with Crippen molar-refractivity contribution in [2.45, 2.75) is 6.36 Å². The van der Waals surface area contributed by atoms with E-state index in [-0.39, 0.29) is 17.1 Å². The molecule has 2 aromatic carbocycles. The van der Waals surface area contributed by atoms with Gasteiger partial charge in [0.25, 0.3) is 5.56 Å². The molecule has 0 aliphatic rings. The number of benzene rings is 2. The van der Waals surface area contributed by atoms with E-state index in [0.717, 1.165) is 12.1 Å². The molecule has 0 saturated carbocycles. The molecule has 0 unspecified atom stereocenters. The van der Waals surface area contributed by atoms with Gasteiger partial charge < -0.3 is 14.5 Å². The predicted octanol–water partition coefficient (Wildman–Crippen LogP) is 4.22. The first kappa shape index (κ1) is 15.0. The molecule has 0 amide bonds.